The van der Waals surface area contributed by atoms with Crippen LogP contribution in [0.2, 0.25) is 0 Å². The van der Waals surface area contributed by atoms with Crippen LogP contribution in [0.4, 0.5) is 4.39 Å². The van der Waals surface area contributed by atoms with E-state index in [9.17, 15) is 14.3 Å². The first-order valence-electron chi connectivity index (χ1n) is 9.26. The molecule has 27 heavy (non-hydrogen) atoms. The van der Waals surface area contributed by atoms with Gasteiger partial charge in [-0.05, 0) is 73.1 Å². The second-order valence-corrected chi connectivity index (χ2v) is 7.01. The first kappa shape index (κ1) is 17.8. The van der Waals surface area contributed by atoms with E-state index in [1.165, 1.54) is 12.1 Å². The van der Waals surface area contributed by atoms with E-state index in [2.05, 4.69) is 5.32 Å². The molecule has 2 aromatic rings. The predicted molar refractivity (Wildman–Crippen MR) is 97.5 cm³/mol. The van der Waals surface area contributed by atoms with Gasteiger partial charge in [0, 0.05) is 12.1 Å². The first-order valence-corrected chi connectivity index (χ1v) is 9.26. The third-order valence-corrected chi connectivity index (χ3v) is 5.14. The highest BCUT2D eigenvalue weighted by Crippen LogP contribution is 2.30. The fourth-order valence-corrected chi connectivity index (χ4v) is 3.80. The van der Waals surface area contributed by atoms with Gasteiger partial charge in [-0.1, -0.05) is 0 Å². The molecule has 1 amide bonds. The molecule has 142 valence electrons. The van der Waals surface area contributed by atoms with Gasteiger partial charge >= 0.3 is 0 Å². The lowest BCUT2D eigenvalue weighted by Crippen LogP contribution is -2.26. The van der Waals surface area contributed by atoms with Crippen molar-refractivity contribution in [3.8, 4) is 11.5 Å². The zero-order chi connectivity index (χ0) is 18.8. The SMILES string of the molecule is O=C(NCCc1cc(F)cc2c1OCOC2)c1cc2c(cc1O)CCCC2. The van der Waals surface area contributed by atoms with Gasteiger partial charge in [0.05, 0.1) is 12.2 Å². The lowest BCUT2D eigenvalue weighted by Gasteiger charge is -2.21. The highest BCUT2D eigenvalue weighted by molar-refractivity contribution is 5.97. The average Bonchev–Trinajstić information content (AvgIpc) is 2.67. The molecule has 2 aliphatic rings. The standard InChI is InChI=1S/C21H22FNO4/c22-17-7-15(20-16(8-17)11-26-12-27-20)5-6-23-21(25)18-9-13-3-1-2-4-14(13)10-19(18)24/h7-10,24H,1-6,11-12H2,(H,23,25). The van der Waals surface area contributed by atoms with E-state index < -0.39 is 0 Å². The largest absolute Gasteiger partial charge is 0.507 e. The molecule has 0 bridgehead atoms. The Morgan fingerprint density at radius 3 is 2.70 bits per heavy atom. The van der Waals surface area contributed by atoms with Crippen molar-refractivity contribution in [2.24, 2.45) is 0 Å². The molecule has 0 saturated carbocycles. The minimum atomic E-state index is -0.350. The molecule has 1 aliphatic carbocycles. The van der Waals surface area contributed by atoms with Gasteiger partial charge in [0.2, 0.25) is 0 Å². The van der Waals surface area contributed by atoms with Gasteiger partial charge in [0.25, 0.3) is 5.91 Å². The summed E-state index contributed by atoms with van der Waals surface area (Å²) in [5.74, 6) is -0.0304. The minimum Gasteiger partial charge on any atom is -0.507 e. The number of hydrogen-bond acceptors (Lipinski definition) is 4. The summed E-state index contributed by atoms with van der Waals surface area (Å²) in [5, 5.41) is 13.0. The van der Waals surface area contributed by atoms with Gasteiger partial charge in [-0.3, -0.25) is 4.79 Å². The number of ether oxygens (including phenoxy) is 2. The fraction of sp³-hybridized carbons (Fsp3) is 0.381. The number of carbonyl (C=O) groups is 1. The van der Waals surface area contributed by atoms with Crippen LogP contribution in [-0.2, 0) is 30.6 Å². The Bertz CT molecular complexity index is 881. The molecule has 2 aromatic carbocycles. The number of benzene rings is 2. The summed E-state index contributed by atoms with van der Waals surface area (Å²) >= 11 is 0. The van der Waals surface area contributed by atoms with Crippen molar-refractivity contribution in [1.29, 1.82) is 0 Å². The maximum absolute atomic E-state index is 13.8. The van der Waals surface area contributed by atoms with Crippen LogP contribution in [0.1, 0.15) is 45.5 Å². The van der Waals surface area contributed by atoms with E-state index >= 15 is 0 Å². The number of fused-ring (bicyclic) bond motifs is 2. The topological polar surface area (TPSA) is 67.8 Å². The van der Waals surface area contributed by atoms with E-state index in [1.807, 2.05) is 0 Å². The van der Waals surface area contributed by atoms with Crippen molar-refractivity contribution in [1.82, 2.24) is 5.32 Å². The summed E-state index contributed by atoms with van der Waals surface area (Å²) in [6.45, 7) is 0.770. The number of carbonyl (C=O) groups excluding carboxylic acids is 1. The zero-order valence-corrected chi connectivity index (χ0v) is 15.0. The molecule has 6 heteroatoms. The van der Waals surface area contributed by atoms with E-state index in [1.54, 1.807) is 12.1 Å². The van der Waals surface area contributed by atoms with Crippen molar-refractivity contribution in [2.45, 2.75) is 38.7 Å². The molecule has 0 saturated heterocycles. The molecule has 0 unspecified atom stereocenters. The normalized spacial score (nSPS) is 15.4. The summed E-state index contributed by atoms with van der Waals surface area (Å²) in [6.07, 6.45) is 4.53. The Morgan fingerprint density at radius 1 is 1.11 bits per heavy atom. The van der Waals surface area contributed by atoms with Gasteiger partial charge in [0.1, 0.15) is 17.3 Å². The van der Waals surface area contributed by atoms with Crippen LogP contribution in [-0.4, -0.2) is 24.4 Å². The van der Waals surface area contributed by atoms with E-state index in [0.29, 0.717) is 42.0 Å². The number of phenols is 1. The molecular weight excluding hydrogens is 349 g/mol. The number of phenolic OH excluding ortho intramolecular Hbond substituents is 1. The van der Waals surface area contributed by atoms with Crippen molar-refractivity contribution in [3.63, 3.8) is 0 Å². The summed E-state index contributed by atoms with van der Waals surface area (Å²) in [7, 11) is 0. The van der Waals surface area contributed by atoms with Crippen LogP contribution in [0, 0.1) is 5.82 Å². The van der Waals surface area contributed by atoms with Gasteiger partial charge in [-0.15, -0.1) is 0 Å². The summed E-state index contributed by atoms with van der Waals surface area (Å²) < 4.78 is 24.5. The Hall–Kier alpha value is -2.60. The van der Waals surface area contributed by atoms with Crippen LogP contribution in [0.25, 0.3) is 0 Å². The maximum Gasteiger partial charge on any atom is 0.255 e. The van der Waals surface area contributed by atoms with E-state index in [0.717, 1.165) is 36.8 Å². The van der Waals surface area contributed by atoms with Crippen LogP contribution in [0.15, 0.2) is 24.3 Å². The van der Waals surface area contributed by atoms with E-state index in [4.69, 9.17) is 9.47 Å². The highest BCUT2D eigenvalue weighted by Gasteiger charge is 2.19. The molecule has 4 rings (SSSR count). The third-order valence-electron chi connectivity index (χ3n) is 5.14. The van der Waals surface area contributed by atoms with E-state index in [-0.39, 0.29) is 24.3 Å². The van der Waals surface area contributed by atoms with Gasteiger partial charge in [-0.2, -0.15) is 0 Å². The lowest BCUT2D eigenvalue weighted by atomic mass is 9.90. The van der Waals surface area contributed by atoms with Crippen LogP contribution in [0.5, 0.6) is 11.5 Å². The number of rotatable bonds is 4. The zero-order valence-electron chi connectivity index (χ0n) is 15.0. The molecule has 0 spiro atoms. The van der Waals surface area contributed by atoms with Gasteiger partial charge < -0.3 is 19.9 Å². The molecule has 0 aromatic heterocycles. The third kappa shape index (κ3) is 3.76. The van der Waals surface area contributed by atoms with Crippen LogP contribution in [0.3, 0.4) is 0 Å². The number of hydrogen-bond donors (Lipinski definition) is 2. The molecule has 0 fully saturated rings. The predicted octanol–water partition coefficient (Wildman–Crippen LogP) is 3.25. The van der Waals surface area contributed by atoms with Gasteiger partial charge in [0.15, 0.2) is 6.79 Å². The number of aromatic hydroxyl groups is 1. The van der Waals surface area contributed by atoms with Gasteiger partial charge in [-0.25, -0.2) is 4.39 Å². The second kappa shape index (κ2) is 7.56. The smallest absolute Gasteiger partial charge is 0.255 e. The minimum absolute atomic E-state index is 0.0109. The summed E-state index contributed by atoms with van der Waals surface area (Å²) in [6, 6.07) is 6.33. The number of amides is 1. The van der Waals surface area contributed by atoms with Crippen molar-refractivity contribution in [2.75, 3.05) is 13.3 Å². The number of nitrogens with one attached hydrogen (secondary N) is 1. The molecule has 0 atom stereocenters. The van der Waals surface area contributed by atoms with Crippen LogP contribution >= 0.6 is 0 Å². The highest BCUT2D eigenvalue weighted by atomic mass is 19.1. The quantitative estimate of drug-likeness (QED) is 0.866. The Kier molecular flexibility index (Phi) is 4.99. The van der Waals surface area contributed by atoms with Crippen molar-refractivity contribution in [3.05, 3.63) is 57.9 Å². The Morgan fingerprint density at radius 2 is 1.89 bits per heavy atom. The Balaban J connectivity index is 1.44. The monoisotopic (exact) mass is 371 g/mol. The average molecular weight is 371 g/mol. The first-order chi connectivity index (χ1) is 13.1. The Labute approximate surface area is 157 Å². The molecular formula is C21H22FNO4. The molecule has 5 nitrogen and oxygen atoms in total. The maximum atomic E-state index is 13.8. The summed E-state index contributed by atoms with van der Waals surface area (Å²) in [5.41, 5.74) is 3.93. The molecule has 1 aliphatic heterocycles. The second-order valence-electron chi connectivity index (χ2n) is 7.01. The molecule has 0 radical (unpaired) electrons. The molecule has 1 heterocycles. The fourth-order valence-electron chi connectivity index (χ4n) is 3.80. The van der Waals surface area contributed by atoms with Crippen LogP contribution < -0.4 is 10.1 Å². The summed E-state index contributed by atoms with van der Waals surface area (Å²) in [4.78, 5) is 12.5. The molecule has 2 N–H and O–H groups in total. The van der Waals surface area contributed by atoms with Crippen molar-refractivity contribution >= 4 is 5.91 Å². The lowest BCUT2D eigenvalue weighted by molar-refractivity contribution is -0.0172. The van der Waals surface area contributed by atoms with Crippen molar-refractivity contribution < 1.29 is 23.8 Å². The number of aryl methyl sites for hydroxylation is 2. The number of halogens is 1.